The van der Waals surface area contributed by atoms with Crippen LogP contribution in [0.3, 0.4) is 0 Å². The second kappa shape index (κ2) is 9.31. The molecule has 6 heterocycles. The number of aliphatic hydroxyl groups is 1. The molecule has 3 aliphatic heterocycles. The number of likely N-dealkylation sites (tertiary alicyclic amines) is 1. The summed E-state index contributed by atoms with van der Waals surface area (Å²) >= 11 is 0.939. The van der Waals surface area contributed by atoms with E-state index < -0.39 is 17.7 Å². The topological polar surface area (TPSA) is 124 Å². The van der Waals surface area contributed by atoms with Gasteiger partial charge in [0.15, 0.2) is 11.6 Å². The summed E-state index contributed by atoms with van der Waals surface area (Å²) in [5.74, 6) is -0.930. The molecule has 0 aliphatic carbocycles. The minimum Gasteiger partial charge on any atom is -0.390 e. The number of piperidine rings is 1. The molecule has 2 atom stereocenters. The maximum Gasteiger partial charge on any atom is 0.226 e. The van der Waals surface area contributed by atoms with Gasteiger partial charge in [0.05, 0.1) is 47.5 Å². The van der Waals surface area contributed by atoms with E-state index in [-0.39, 0.29) is 56.7 Å². The second-order valence-corrected chi connectivity index (χ2v) is 11.4. The van der Waals surface area contributed by atoms with Crippen molar-refractivity contribution < 1.29 is 18.6 Å². The summed E-state index contributed by atoms with van der Waals surface area (Å²) in [5, 5.41) is 21.5. The number of benzene rings is 1. The monoisotopic (exact) mass is 549 g/mol. The van der Waals surface area contributed by atoms with Crippen LogP contribution in [0.15, 0.2) is 12.4 Å². The first-order valence-electron chi connectivity index (χ1n) is 13.0. The Bertz CT molecular complexity index is 1680. The molecule has 12 heteroatoms. The van der Waals surface area contributed by atoms with Crippen molar-refractivity contribution >= 4 is 43.3 Å². The maximum absolute atomic E-state index is 16.5. The quantitative estimate of drug-likeness (QED) is 0.394. The highest BCUT2D eigenvalue weighted by molar-refractivity contribution is 7.23. The van der Waals surface area contributed by atoms with E-state index in [1.54, 1.807) is 6.20 Å². The van der Waals surface area contributed by atoms with Crippen molar-refractivity contribution in [2.45, 2.75) is 44.6 Å². The zero-order chi connectivity index (χ0) is 26.8. The lowest BCUT2D eigenvalue weighted by Gasteiger charge is -2.33. The molecule has 0 amide bonds. The van der Waals surface area contributed by atoms with E-state index in [0.717, 1.165) is 49.0 Å². The van der Waals surface area contributed by atoms with Crippen LogP contribution in [0.5, 0.6) is 0 Å². The summed E-state index contributed by atoms with van der Waals surface area (Å²) in [6.07, 6.45) is 5.51. The number of anilines is 2. The number of fused-ring (bicyclic) bond motifs is 4. The number of thiophene rings is 1. The lowest BCUT2D eigenvalue weighted by atomic mass is 9.94. The Labute approximate surface area is 226 Å². The van der Waals surface area contributed by atoms with Gasteiger partial charge in [-0.25, -0.2) is 18.7 Å². The van der Waals surface area contributed by atoms with Crippen LogP contribution in [0, 0.1) is 23.0 Å². The Morgan fingerprint density at radius 1 is 1.10 bits per heavy atom. The van der Waals surface area contributed by atoms with E-state index >= 15 is 4.39 Å². The molecule has 0 spiro atoms. The summed E-state index contributed by atoms with van der Waals surface area (Å²) in [4.78, 5) is 17.7. The van der Waals surface area contributed by atoms with E-state index in [0.29, 0.717) is 30.0 Å². The van der Waals surface area contributed by atoms with Crippen molar-refractivity contribution in [3.63, 3.8) is 0 Å². The Morgan fingerprint density at radius 2 is 1.90 bits per heavy atom. The van der Waals surface area contributed by atoms with E-state index in [2.05, 4.69) is 19.9 Å². The average Bonchev–Trinajstić information content (AvgIpc) is 3.67. The van der Waals surface area contributed by atoms with Crippen LogP contribution in [-0.2, 0) is 18.0 Å². The number of nitrogens with zero attached hydrogens (tertiary/aromatic N) is 6. The Morgan fingerprint density at radius 3 is 2.69 bits per heavy atom. The van der Waals surface area contributed by atoms with Crippen molar-refractivity contribution in [2.24, 2.45) is 0 Å². The molecule has 200 valence electrons. The number of rotatable bonds is 3. The third-order valence-electron chi connectivity index (χ3n) is 8.13. The van der Waals surface area contributed by atoms with E-state index in [1.165, 1.54) is 6.42 Å². The Hall–Kier alpha value is -3.50. The van der Waals surface area contributed by atoms with Crippen LogP contribution >= 0.6 is 11.3 Å². The molecule has 0 bridgehead atoms. The van der Waals surface area contributed by atoms with Crippen LogP contribution in [-0.4, -0.2) is 63.3 Å². The van der Waals surface area contributed by atoms with Crippen LogP contribution in [0.2, 0.25) is 0 Å². The van der Waals surface area contributed by atoms with Gasteiger partial charge in [0.25, 0.3) is 0 Å². The Kier molecular flexibility index (Phi) is 5.85. The number of ether oxygens (including phenoxy) is 1. The van der Waals surface area contributed by atoms with Crippen LogP contribution in [0.25, 0.3) is 32.2 Å². The highest BCUT2D eigenvalue weighted by Gasteiger charge is 2.37. The highest BCUT2D eigenvalue weighted by Crippen LogP contribution is 2.45. The first kappa shape index (κ1) is 24.5. The van der Waals surface area contributed by atoms with E-state index in [1.807, 2.05) is 11.0 Å². The standard InChI is InChI=1S/C27H25F2N7O2S/c28-17-8-32-24(21-13(6-30)26(31)39-25(17)21)20-16-12-38-11-15(16)14-7-33-27(34-23(14)22(20)29)36-9-18(19(37)10-36)35-4-2-1-3-5-35/h7-8,18-19,37H,1-5,9-12,31H2. The van der Waals surface area contributed by atoms with Gasteiger partial charge in [-0.1, -0.05) is 6.42 Å². The number of pyridine rings is 1. The molecule has 3 N–H and O–H groups in total. The number of aromatic nitrogens is 3. The molecular weight excluding hydrogens is 524 g/mol. The molecule has 2 fully saturated rings. The van der Waals surface area contributed by atoms with Crippen LogP contribution in [0.4, 0.5) is 19.7 Å². The lowest BCUT2D eigenvalue weighted by molar-refractivity contribution is 0.0706. The second-order valence-electron chi connectivity index (χ2n) is 10.3. The smallest absolute Gasteiger partial charge is 0.226 e. The largest absolute Gasteiger partial charge is 0.390 e. The number of nitrogens with two attached hydrogens (primary N) is 1. The number of β-amino-alcohol motifs (C(OH)–C–C–N with tert-alkyl or cyclic N) is 1. The third-order valence-corrected chi connectivity index (χ3v) is 9.16. The number of hydrogen-bond donors (Lipinski definition) is 2. The first-order chi connectivity index (χ1) is 19.0. The fourth-order valence-electron chi connectivity index (χ4n) is 6.23. The molecule has 3 aliphatic rings. The van der Waals surface area contributed by atoms with Crippen LogP contribution in [0.1, 0.15) is 36.0 Å². The molecule has 2 saturated heterocycles. The minimum absolute atomic E-state index is 0.0245. The minimum atomic E-state index is -0.640. The molecule has 0 radical (unpaired) electrons. The fraction of sp³-hybridized carbons (Fsp3) is 0.407. The average molecular weight is 550 g/mol. The number of hydrogen-bond acceptors (Lipinski definition) is 10. The predicted octanol–water partition coefficient (Wildman–Crippen LogP) is 3.70. The molecule has 1 aromatic carbocycles. The summed E-state index contributed by atoms with van der Waals surface area (Å²) in [6.45, 7) is 3.19. The SMILES string of the molecule is N#Cc1c(N)sc2c(F)cnc(-c3c4c(c5cnc(N6CC(O)C(N7CCCCC7)C6)nc5c3F)COC4)c12. The van der Waals surface area contributed by atoms with Crippen molar-refractivity contribution in [1.29, 1.82) is 5.26 Å². The zero-order valence-electron chi connectivity index (χ0n) is 21.0. The van der Waals surface area contributed by atoms with Gasteiger partial charge in [0, 0.05) is 35.6 Å². The molecular formula is C27H25F2N7O2S. The van der Waals surface area contributed by atoms with E-state index in [4.69, 9.17) is 10.5 Å². The lowest BCUT2D eigenvalue weighted by Crippen LogP contribution is -2.45. The van der Waals surface area contributed by atoms with Crippen molar-refractivity contribution in [3.8, 4) is 17.3 Å². The molecule has 0 saturated carbocycles. The summed E-state index contributed by atoms with van der Waals surface area (Å²) in [6, 6.07) is 2.00. The zero-order valence-corrected chi connectivity index (χ0v) is 21.8. The van der Waals surface area contributed by atoms with E-state index in [9.17, 15) is 14.8 Å². The third kappa shape index (κ3) is 3.76. The summed E-state index contributed by atoms with van der Waals surface area (Å²) in [5.41, 5.74) is 7.77. The highest BCUT2D eigenvalue weighted by atomic mass is 32.1. The molecule has 39 heavy (non-hydrogen) atoms. The maximum atomic E-state index is 16.5. The van der Waals surface area contributed by atoms with Gasteiger partial charge in [-0.2, -0.15) is 5.26 Å². The van der Waals surface area contributed by atoms with Crippen molar-refractivity contribution in [3.05, 3.63) is 40.7 Å². The number of nitrogen functional groups attached to an aromatic ring is 1. The van der Waals surface area contributed by atoms with Gasteiger partial charge in [0.1, 0.15) is 16.6 Å². The molecule has 4 aromatic rings. The molecule has 3 aromatic heterocycles. The molecule has 7 rings (SSSR count). The predicted molar refractivity (Wildman–Crippen MR) is 143 cm³/mol. The van der Waals surface area contributed by atoms with Gasteiger partial charge < -0.3 is 20.5 Å². The van der Waals surface area contributed by atoms with Gasteiger partial charge in [-0.15, -0.1) is 11.3 Å². The summed E-state index contributed by atoms with van der Waals surface area (Å²) < 4.78 is 37.1. The normalized spacial score (nSPS) is 21.6. The number of halogens is 2. The summed E-state index contributed by atoms with van der Waals surface area (Å²) in [7, 11) is 0. The fourth-order valence-corrected chi connectivity index (χ4v) is 7.15. The first-order valence-corrected chi connectivity index (χ1v) is 13.8. The van der Waals surface area contributed by atoms with Gasteiger partial charge in [0.2, 0.25) is 5.95 Å². The Balaban J connectivity index is 1.38. The molecule has 2 unspecified atom stereocenters. The number of aliphatic hydroxyl groups excluding tert-OH is 1. The van der Waals surface area contributed by atoms with Gasteiger partial charge in [-0.05, 0) is 37.1 Å². The van der Waals surface area contributed by atoms with Crippen molar-refractivity contribution in [2.75, 3.05) is 36.8 Å². The van der Waals surface area contributed by atoms with Crippen molar-refractivity contribution in [1.82, 2.24) is 19.9 Å². The molecule has 9 nitrogen and oxygen atoms in total. The van der Waals surface area contributed by atoms with Crippen LogP contribution < -0.4 is 10.6 Å². The van der Waals surface area contributed by atoms with Gasteiger partial charge >= 0.3 is 0 Å². The number of nitriles is 1. The van der Waals surface area contributed by atoms with Gasteiger partial charge in [-0.3, -0.25) is 9.88 Å².